The highest BCUT2D eigenvalue weighted by atomic mass is 16.5. The molecule has 0 atom stereocenters. The van der Waals surface area contributed by atoms with E-state index >= 15 is 0 Å². The average Bonchev–Trinajstić information content (AvgIpc) is 3.16. The van der Waals surface area contributed by atoms with Crippen LogP contribution in [-0.2, 0) is 20.1 Å². The number of aromatic nitrogens is 2. The van der Waals surface area contributed by atoms with Gasteiger partial charge in [-0.15, -0.1) is 0 Å². The highest BCUT2D eigenvalue weighted by Gasteiger charge is 2.10. The summed E-state index contributed by atoms with van der Waals surface area (Å²) in [6.45, 7) is 0.421. The first-order chi connectivity index (χ1) is 16.1. The van der Waals surface area contributed by atoms with Gasteiger partial charge in [0.25, 0.3) is 0 Å². The van der Waals surface area contributed by atoms with Crippen molar-refractivity contribution in [3.8, 4) is 5.75 Å². The van der Waals surface area contributed by atoms with Crippen molar-refractivity contribution >= 4 is 27.6 Å². The molecule has 0 aliphatic rings. The number of ether oxygens (including phenoxy) is 1. The molecular weight excluding hydrogens is 410 g/mol. The third-order valence-corrected chi connectivity index (χ3v) is 5.84. The Kier molecular flexibility index (Phi) is 5.40. The second kappa shape index (κ2) is 8.67. The molecule has 6 nitrogen and oxygen atoms in total. The fourth-order valence-corrected chi connectivity index (χ4v) is 4.16. The molecule has 0 unspecified atom stereocenters. The Morgan fingerprint density at radius 2 is 1.88 bits per heavy atom. The predicted octanol–water partition coefficient (Wildman–Crippen LogP) is 4.48. The van der Waals surface area contributed by atoms with Gasteiger partial charge in [-0.25, -0.2) is 4.98 Å². The lowest BCUT2D eigenvalue weighted by molar-refractivity contribution is 0.302. The fraction of sp³-hybridized carbons (Fsp3) is 0.111. The summed E-state index contributed by atoms with van der Waals surface area (Å²) in [5.74, 6) is 6.48. The molecule has 164 valence electrons. The van der Waals surface area contributed by atoms with Crippen LogP contribution in [0.4, 0.5) is 0 Å². The number of aryl methyl sites for hydroxylation is 1. The van der Waals surface area contributed by atoms with Crippen LogP contribution in [0.25, 0.3) is 21.8 Å². The molecule has 0 aliphatic heterocycles. The molecule has 0 fully saturated rings. The number of hydrogen-bond donors (Lipinski definition) is 2. The summed E-state index contributed by atoms with van der Waals surface area (Å²) in [5.41, 5.74) is 12.1. The molecule has 0 spiro atoms. The van der Waals surface area contributed by atoms with Gasteiger partial charge >= 0.3 is 0 Å². The number of hydrogen-bond acceptors (Lipinski definition) is 4. The molecule has 3 aromatic carbocycles. The zero-order valence-electron chi connectivity index (χ0n) is 18.4. The van der Waals surface area contributed by atoms with Crippen LogP contribution in [-0.4, -0.2) is 15.4 Å². The first-order valence-electron chi connectivity index (χ1n) is 10.8. The first kappa shape index (κ1) is 20.6. The lowest BCUT2D eigenvalue weighted by Gasteiger charge is -2.08. The molecule has 0 saturated heterocycles. The molecule has 0 aliphatic carbocycles. The average molecular weight is 436 g/mol. The van der Waals surface area contributed by atoms with Gasteiger partial charge in [0.05, 0.1) is 16.7 Å². The van der Waals surface area contributed by atoms with Gasteiger partial charge in [-0.1, -0.05) is 42.5 Å². The summed E-state index contributed by atoms with van der Waals surface area (Å²) in [6.07, 6.45) is 2.94. The van der Waals surface area contributed by atoms with E-state index in [9.17, 15) is 0 Å². The van der Waals surface area contributed by atoms with Crippen LogP contribution in [0.5, 0.6) is 5.75 Å². The maximum atomic E-state index is 6.07. The van der Waals surface area contributed by atoms with Crippen molar-refractivity contribution < 1.29 is 4.74 Å². The quantitative estimate of drug-likeness (QED) is 0.178. The number of para-hydroxylation sites is 1. The Hall–Kier alpha value is -4.32. The van der Waals surface area contributed by atoms with Crippen LogP contribution in [0.3, 0.4) is 0 Å². The third kappa shape index (κ3) is 4.23. The maximum Gasteiger partial charge on any atom is 0.150 e. The van der Waals surface area contributed by atoms with Crippen molar-refractivity contribution in [2.45, 2.75) is 13.0 Å². The molecule has 2 aromatic heterocycles. The number of nitrogens with two attached hydrogens (primary N) is 2. The van der Waals surface area contributed by atoms with E-state index in [2.05, 4.69) is 53.2 Å². The molecule has 5 rings (SSSR count). The highest BCUT2D eigenvalue weighted by molar-refractivity contribution is 5.97. The molecule has 2 heterocycles. The van der Waals surface area contributed by atoms with Gasteiger partial charge in [-0.05, 0) is 47.9 Å². The Bertz CT molecular complexity index is 1480. The molecular formula is C27H25N5O. The van der Waals surface area contributed by atoms with Crippen molar-refractivity contribution in [1.82, 2.24) is 9.55 Å². The largest absolute Gasteiger partial charge is 0.487 e. The van der Waals surface area contributed by atoms with Crippen LogP contribution in [0, 0.1) is 0 Å². The summed E-state index contributed by atoms with van der Waals surface area (Å²) < 4.78 is 8.20. The summed E-state index contributed by atoms with van der Waals surface area (Å²) >= 11 is 0. The summed E-state index contributed by atoms with van der Waals surface area (Å²) in [5, 5.41) is 5.92. The molecule has 4 N–H and O–H groups in total. The van der Waals surface area contributed by atoms with Crippen molar-refractivity contribution in [2.75, 3.05) is 0 Å². The summed E-state index contributed by atoms with van der Waals surface area (Å²) in [7, 11) is 2.05. The van der Waals surface area contributed by atoms with Crippen LogP contribution in [0.2, 0.25) is 0 Å². The Labute approximate surface area is 192 Å². The van der Waals surface area contributed by atoms with Gasteiger partial charge in [0, 0.05) is 35.6 Å². The minimum atomic E-state index is 0.331. The van der Waals surface area contributed by atoms with Gasteiger partial charge in [-0.2, -0.15) is 5.10 Å². The lowest BCUT2D eigenvalue weighted by atomic mass is 10.0. The van der Waals surface area contributed by atoms with Crippen LogP contribution < -0.4 is 16.3 Å². The Morgan fingerprint density at radius 1 is 1.00 bits per heavy atom. The second-order valence-corrected chi connectivity index (χ2v) is 8.12. The minimum absolute atomic E-state index is 0.331. The minimum Gasteiger partial charge on any atom is -0.487 e. The van der Waals surface area contributed by atoms with Gasteiger partial charge in [-0.3, -0.25) is 0 Å². The summed E-state index contributed by atoms with van der Waals surface area (Å²) in [6, 6.07) is 26.4. The van der Waals surface area contributed by atoms with Crippen molar-refractivity contribution in [2.24, 2.45) is 23.7 Å². The molecule has 0 saturated carbocycles. The molecule has 0 bridgehead atoms. The SMILES string of the molecule is Cn1cc(Cc2cccc(/C(N)=N/N)c2)c2ccc(OCc3ccc4ccccc4n3)cc21. The smallest absolute Gasteiger partial charge is 0.150 e. The van der Waals surface area contributed by atoms with E-state index in [0.717, 1.165) is 45.4 Å². The highest BCUT2D eigenvalue weighted by Crippen LogP contribution is 2.28. The van der Waals surface area contributed by atoms with Gasteiger partial charge in [0.15, 0.2) is 0 Å². The number of nitrogens with zero attached hydrogens (tertiary/aromatic N) is 3. The van der Waals surface area contributed by atoms with E-state index in [0.29, 0.717) is 12.4 Å². The van der Waals surface area contributed by atoms with E-state index in [-0.39, 0.29) is 0 Å². The number of benzene rings is 3. The topological polar surface area (TPSA) is 91.5 Å². The third-order valence-electron chi connectivity index (χ3n) is 5.84. The zero-order valence-corrected chi connectivity index (χ0v) is 18.4. The van der Waals surface area contributed by atoms with E-state index in [1.54, 1.807) is 0 Å². The predicted molar refractivity (Wildman–Crippen MR) is 133 cm³/mol. The van der Waals surface area contributed by atoms with Crippen LogP contribution in [0.1, 0.15) is 22.4 Å². The van der Waals surface area contributed by atoms with Crippen molar-refractivity contribution in [1.29, 1.82) is 0 Å². The number of hydrazone groups is 1. The molecule has 6 heteroatoms. The second-order valence-electron chi connectivity index (χ2n) is 8.12. The monoisotopic (exact) mass is 435 g/mol. The van der Waals surface area contributed by atoms with Crippen molar-refractivity contribution in [3.63, 3.8) is 0 Å². The van der Waals surface area contributed by atoms with E-state index in [4.69, 9.17) is 21.3 Å². The zero-order chi connectivity index (χ0) is 22.8. The van der Waals surface area contributed by atoms with Gasteiger partial charge < -0.3 is 20.9 Å². The van der Waals surface area contributed by atoms with Crippen LogP contribution >= 0.6 is 0 Å². The molecule has 33 heavy (non-hydrogen) atoms. The number of pyridine rings is 1. The number of amidine groups is 1. The number of fused-ring (bicyclic) bond motifs is 2. The molecule has 0 amide bonds. The maximum absolute atomic E-state index is 6.07. The van der Waals surface area contributed by atoms with Gasteiger partial charge in [0.1, 0.15) is 18.2 Å². The molecule has 0 radical (unpaired) electrons. The van der Waals surface area contributed by atoms with E-state index in [1.807, 2.05) is 48.5 Å². The van der Waals surface area contributed by atoms with E-state index < -0.39 is 0 Å². The van der Waals surface area contributed by atoms with Crippen molar-refractivity contribution in [3.05, 3.63) is 107 Å². The van der Waals surface area contributed by atoms with Gasteiger partial charge in [0.2, 0.25) is 0 Å². The van der Waals surface area contributed by atoms with E-state index in [1.165, 1.54) is 10.9 Å². The Morgan fingerprint density at radius 3 is 2.76 bits per heavy atom. The molecule has 5 aromatic rings. The normalized spacial score (nSPS) is 11.8. The number of rotatable bonds is 6. The fourth-order valence-electron chi connectivity index (χ4n) is 4.16. The summed E-state index contributed by atoms with van der Waals surface area (Å²) in [4.78, 5) is 4.69. The first-order valence-corrected chi connectivity index (χ1v) is 10.8. The van der Waals surface area contributed by atoms with Crippen LogP contribution in [0.15, 0.2) is 90.2 Å². The Balaban J connectivity index is 1.36. The standard InChI is InChI=1S/C27H25N5O/c1-32-16-21(14-18-5-4-7-20(13-18)27(28)31-29)24-12-11-23(15-26(24)32)33-17-22-10-9-19-6-2-3-8-25(19)30-22/h2-13,15-16H,14,17,29H2,1H3,(H2,28,31). The lowest BCUT2D eigenvalue weighted by Crippen LogP contribution is -2.15.